The van der Waals surface area contributed by atoms with Crippen LogP contribution in [0.2, 0.25) is 0 Å². The molecule has 0 radical (unpaired) electrons. The number of hydrogen-bond acceptors (Lipinski definition) is 8. The van der Waals surface area contributed by atoms with Gasteiger partial charge in [0.1, 0.15) is 24.5 Å². The second-order valence-corrected chi connectivity index (χ2v) is 13.4. The fourth-order valence-electron chi connectivity index (χ4n) is 5.92. The van der Waals surface area contributed by atoms with Crippen LogP contribution in [0.1, 0.15) is 18.9 Å². The molecule has 0 spiro atoms. The first kappa shape index (κ1) is 33.1. The number of para-hydroxylation sites is 1. The molecule has 1 atom stereocenters. The van der Waals surface area contributed by atoms with E-state index in [1.165, 1.54) is 17.8 Å². The molecule has 2 aliphatic rings. The summed E-state index contributed by atoms with van der Waals surface area (Å²) in [7, 11) is 0. The number of esters is 1. The molecule has 47 heavy (non-hydrogen) atoms. The summed E-state index contributed by atoms with van der Waals surface area (Å²) in [6.45, 7) is 7.33. The fraction of sp³-hybridized carbons (Fsp3) is 0.361. The van der Waals surface area contributed by atoms with Crippen LogP contribution in [0, 0.1) is 0 Å². The average molecular weight is 665 g/mol. The molecule has 1 saturated heterocycles. The Bertz CT molecular complexity index is 1710. The highest BCUT2D eigenvalue weighted by atomic mass is 32.2. The van der Waals surface area contributed by atoms with Crippen molar-refractivity contribution in [1.29, 1.82) is 0 Å². The Hall–Kier alpha value is -3.77. The molecule has 1 fully saturated rings. The molecule has 0 saturated carbocycles. The van der Waals surface area contributed by atoms with E-state index in [1.807, 2.05) is 71.6 Å². The van der Waals surface area contributed by atoms with Crippen molar-refractivity contribution in [2.45, 2.75) is 34.9 Å². The Morgan fingerprint density at radius 1 is 0.809 bits per heavy atom. The third kappa shape index (κ3) is 8.03. The summed E-state index contributed by atoms with van der Waals surface area (Å²) in [5.41, 5.74) is 5.90. The first-order valence-corrected chi connectivity index (χ1v) is 16.7. The molecule has 248 valence electrons. The Labute approximate surface area is 277 Å². The van der Waals surface area contributed by atoms with Gasteiger partial charge in [0, 0.05) is 49.1 Å². The van der Waals surface area contributed by atoms with Gasteiger partial charge < -0.3 is 25.0 Å². The number of nitrogens with zero attached hydrogens (tertiary/aromatic N) is 3. The quantitative estimate of drug-likeness (QED) is 0.176. The number of carbonyl (C=O) groups excluding carboxylic acids is 1. The highest BCUT2D eigenvalue weighted by Gasteiger charge is 2.34. The van der Waals surface area contributed by atoms with E-state index in [0.29, 0.717) is 24.5 Å². The van der Waals surface area contributed by atoms with Gasteiger partial charge in [0.25, 0.3) is 0 Å². The van der Waals surface area contributed by atoms with Crippen LogP contribution in [0.3, 0.4) is 0 Å². The molecule has 0 aliphatic carbocycles. The van der Waals surface area contributed by atoms with E-state index in [1.54, 1.807) is 13.0 Å². The minimum atomic E-state index is -4.39. The number of alkyl halides is 3. The monoisotopic (exact) mass is 664 g/mol. The van der Waals surface area contributed by atoms with Crippen molar-refractivity contribution >= 4 is 39.9 Å². The number of benzene rings is 4. The van der Waals surface area contributed by atoms with Crippen LogP contribution in [-0.2, 0) is 15.7 Å². The molecule has 6 rings (SSSR count). The predicted octanol–water partition coefficient (Wildman–Crippen LogP) is 6.81. The maximum atomic E-state index is 13.5. The Balaban J connectivity index is 0.933. The molecule has 2 aliphatic heterocycles. The molecule has 2 heterocycles. The second kappa shape index (κ2) is 14.1. The molecular weight excluding hydrogens is 625 g/mol. The van der Waals surface area contributed by atoms with Crippen LogP contribution in [-0.4, -0.2) is 80.3 Å². The number of rotatable bonds is 11. The predicted molar refractivity (Wildman–Crippen MR) is 180 cm³/mol. The molecule has 4 aromatic rings. The molecule has 4 aromatic carbocycles. The molecule has 7 nitrogen and oxygen atoms in total. The van der Waals surface area contributed by atoms with Gasteiger partial charge in [-0.1, -0.05) is 54.2 Å². The summed E-state index contributed by atoms with van der Waals surface area (Å²) in [4.78, 5) is 21.3. The van der Waals surface area contributed by atoms with E-state index in [9.17, 15) is 18.0 Å². The van der Waals surface area contributed by atoms with Gasteiger partial charge in [-0.05, 0) is 73.1 Å². The van der Waals surface area contributed by atoms with Crippen LogP contribution < -0.4 is 15.4 Å². The Morgan fingerprint density at radius 2 is 1.49 bits per heavy atom. The summed E-state index contributed by atoms with van der Waals surface area (Å²) < 4.78 is 52.0. The van der Waals surface area contributed by atoms with Gasteiger partial charge in [-0.25, -0.2) is 4.79 Å². The summed E-state index contributed by atoms with van der Waals surface area (Å²) in [5, 5.41) is 2.16. The van der Waals surface area contributed by atoms with Crippen molar-refractivity contribution in [3.05, 3.63) is 90.5 Å². The zero-order chi connectivity index (χ0) is 33.0. The molecule has 11 heteroatoms. The third-order valence-electron chi connectivity index (χ3n) is 8.64. The molecular formula is C36H39F3N4O3S. The lowest BCUT2D eigenvalue weighted by Gasteiger charge is -2.36. The largest absolute Gasteiger partial charge is 0.491 e. The maximum absolute atomic E-state index is 13.5. The summed E-state index contributed by atoms with van der Waals surface area (Å²) in [6, 6.07) is 25.6. The van der Waals surface area contributed by atoms with Crippen LogP contribution >= 0.6 is 11.8 Å². The standard InChI is InChI=1S/C36H39F3N4O3S/c1-35(40,25-46-29-13-11-26-7-2-3-8-27(26)23-29)34(44)45-22-21-42-19-17-41(18-20-42)15-6-16-43-30-9-4-5-10-32(30)47-33-14-12-28(24-31(33)43)36(37,38)39/h2-5,7-14,23-24H,6,15-22,25,40H2,1H3. The lowest BCUT2D eigenvalue weighted by Crippen LogP contribution is -2.52. The number of hydrogen-bond donors (Lipinski definition) is 1. The van der Waals surface area contributed by atoms with E-state index in [2.05, 4.69) is 9.80 Å². The first-order valence-electron chi connectivity index (χ1n) is 15.8. The normalized spacial score (nSPS) is 16.7. The minimum Gasteiger partial charge on any atom is -0.491 e. The molecule has 0 aromatic heterocycles. The van der Waals surface area contributed by atoms with E-state index in [0.717, 1.165) is 71.5 Å². The lowest BCUT2D eigenvalue weighted by molar-refractivity contribution is -0.151. The van der Waals surface area contributed by atoms with Gasteiger partial charge in [-0.2, -0.15) is 13.2 Å². The van der Waals surface area contributed by atoms with Crippen LogP contribution in [0.5, 0.6) is 5.75 Å². The van der Waals surface area contributed by atoms with Crippen molar-refractivity contribution < 1.29 is 27.4 Å². The highest BCUT2D eigenvalue weighted by molar-refractivity contribution is 7.99. The topological polar surface area (TPSA) is 71.3 Å². The maximum Gasteiger partial charge on any atom is 0.416 e. The number of anilines is 2. The van der Waals surface area contributed by atoms with Crippen molar-refractivity contribution in [2.75, 3.05) is 63.9 Å². The lowest BCUT2D eigenvalue weighted by atomic mass is 10.1. The van der Waals surface area contributed by atoms with Crippen molar-refractivity contribution in [3.63, 3.8) is 0 Å². The van der Waals surface area contributed by atoms with Crippen molar-refractivity contribution in [2.24, 2.45) is 5.73 Å². The number of piperazine rings is 1. The van der Waals surface area contributed by atoms with Gasteiger partial charge in [-0.15, -0.1) is 0 Å². The third-order valence-corrected chi connectivity index (χ3v) is 9.77. The molecule has 1 unspecified atom stereocenters. The highest BCUT2D eigenvalue weighted by Crippen LogP contribution is 2.49. The van der Waals surface area contributed by atoms with Crippen molar-refractivity contribution in [1.82, 2.24) is 9.80 Å². The number of nitrogens with two attached hydrogens (primary N) is 1. The zero-order valence-electron chi connectivity index (χ0n) is 26.3. The summed E-state index contributed by atoms with van der Waals surface area (Å²) in [6.07, 6.45) is -3.58. The van der Waals surface area contributed by atoms with E-state index in [-0.39, 0.29) is 13.2 Å². The summed E-state index contributed by atoms with van der Waals surface area (Å²) >= 11 is 1.51. The number of halogens is 3. The second-order valence-electron chi connectivity index (χ2n) is 12.3. The van der Waals surface area contributed by atoms with Gasteiger partial charge in [0.05, 0.1) is 16.9 Å². The van der Waals surface area contributed by atoms with Gasteiger partial charge in [0.15, 0.2) is 0 Å². The van der Waals surface area contributed by atoms with E-state index >= 15 is 0 Å². The average Bonchev–Trinajstić information content (AvgIpc) is 3.07. The first-order chi connectivity index (χ1) is 22.6. The van der Waals surface area contributed by atoms with E-state index < -0.39 is 23.2 Å². The number of ether oxygens (including phenoxy) is 2. The molecule has 0 amide bonds. The van der Waals surface area contributed by atoms with Crippen LogP contribution in [0.15, 0.2) is 94.7 Å². The SMILES string of the molecule is CC(N)(COc1ccc2ccccc2c1)C(=O)OCCN1CCN(CCCN2c3ccccc3Sc3ccc(C(F)(F)F)cc32)CC1. The Kier molecular flexibility index (Phi) is 9.98. The minimum absolute atomic E-state index is 0.000223. The fourth-order valence-corrected chi connectivity index (χ4v) is 6.99. The smallest absolute Gasteiger partial charge is 0.416 e. The number of fused-ring (bicyclic) bond motifs is 3. The summed E-state index contributed by atoms with van der Waals surface area (Å²) in [5.74, 6) is 0.143. The van der Waals surface area contributed by atoms with Crippen LogP contribution in [0.4, 0.5) is 24.5 Å². The molecule has 2 N–H and O–H groups in total. The Morgan fingerprint density at radius 3 is 2.26 bits per heavy atom. The van der Waals surface area contributed by atoms with Gasteiger partial charge in [0.2, 0.25) is 0 Å². The van der Waals surface area contributed by atoms with Gasteiger partial charge in [-0.3, -0.25) is 4.90 Å². The van der Waals surface area contributed by atoms with Crippen molar-refractivity contribution in [3.8, 4) is 5.75 Å². The zero-order valence-corrected chi connectivity index (χ0v) is 27.2. The molecule has 0 bridgehead atoms. The van der Waals surface area contributed by atoms with Gasteiger partial charge >= 0.3 is 12.1 Å². The van der Waals surface area contributed by atoms with Crippen LogP contribution in [0.25, 0.3) is 10.8 Å². The van der Waals surface area contributed by atoms with E-state index in [4.69, 9.17) is 15.2 Å². The number of carbonyl (C=O) groups is 1.